The number of benzene rings is 1. The zero-order valence-corrected chi connectivity index (χ0v) is 15.9. The molecule has 26 heavy (non-hydrogen) atoms. The third kappa shape index (κ3) is 4.92. The summed E-state index contributed by atoms with van der Waals surface area (Å²) in [6, 6.07) is 6.23. The van der Waals surface area contributed by atoms with Crippen LogP contribution in [0.3, 0.4) is 0 Å². The standard InChI is InChI=1S/C23H27FN2/c1-16-11-12-20(18(3)13-16)22(14-25-5)19(4)26-15-21-17(2)9-7-6-8-10-23(21)24/h6,8,10-14,26H,4-5,7,9,15H2,1-3H3/b8-6+,21-17+,22-14+,23-10+. The molecule has 0 spiro atoms. The lowest BCUT2D eigenvalue weighted by atomic mass is 9.97. The minimum absolute atomic E-state index is 0.197. The maximum Gasteiger partial charge on any atom is 0.128 e. The first-order chi connectivity index (χ1) is 12.4. The molecule has 0 saturated heterocycles. The number of nitrogens with one attached hydrogen (secondary N) is 1. The second kappa shape index (κ2) is 9.14. The minimum Gasteiger partial charge on any atom is -0.381 e. The largest absolute Gasteiger partial charge is 0.381 e. The number of allylic oxidation sites excluding steroid dienone is 5. The zero-order chi connectivity index (χ0) is 19.1. The molecule has 1 aliphatic rings. The van der Waals surface area contributed by atoms with Crippen LogP contribution >= 0.6 is 0 Å². The molecule has 0 bridgehead atoms. The van der Waals surface area contributed by atoms with Crippen LogP contribution < -0.4 is 5.32 Å². The van der Waals surface area contributed by atoms with Gasteiger partial charge in [0, 0.05) is 29.6 Å². The van der Waals surface area contributed by atoms with E-state index in [1.807, 2.05) is 13.0 Å². The van der Waals surface area contributed by atoms with Crippen LogP contribution in [-0.2, 0) is 0 Å². The van der Waals surface area contributed by atoms with Gasteiger partial charge in [-0.05, 0) is 57.5 Å². The highest BCUT2D eigenvalue weighted by Crippen LogP contribution is 2.26. The summed E-state index contributed by atoms with van der Waals surface area (Å²) in [7, 11) is 0. The Labute approximate surface area is 156 Å². The molecule has 136 valence electrons. The Bertz CT molecular complexity index is 823. The second-order valence-corrected chi connectivity index (χ2v) is 6.62. The molecule has 1 aromatic rings. The van der Waals surface area contributed by atoms with Crippen LogP contribution in [0.15, 0.2) is 76.9 Å². The molecule has 0 unspecified atom stereocenters. The fourth-order valence-electron chi connectivity index (χ4n) is 3.05. The van der Waals surface area contributed by atoms with E-state index in [1.54, 1.807) is 12.3 Å². The summed E-state index contributed by atoms with van der Waals surface area (Å²) in [5.41, 5.74) is 6.71. The van der Waals surface area contributed by atoms with E-state index in [9.17, 15) is 4.39 Å². The van der Waals surface area contributed by atoms with E-state index in [2.05, 4.69) is 55.7 Å². The van der Waals surface area contributed by atoms with Gasteiger partial charge < -0.3 is 5.32 Å². The van der Waals surface area contributed by atoms with Gasteiger partial charge in [-0.1, -0.05) is 48.1 Å². The summed E-state index contributed by atoms with van der Waals surface area (Å²) in [6.07, 6.45) is 8.77. The van der Waals surface area contributed by atoms with Crippen LogP contribution in [-0.4, -0.2) is 13.3 Å². The lowest BCUT2D eigenvalue weighted by molar-refractivity contribution is 0.632. The molecule has 0 radical (unpaired) electrons. The van der Waals surface area contributed by atoms with Crippen molar-refractivity contribution >= 4 is 12.3 Å². The quantitative estimate of drug-likeness (QED) is 0.496. The first-order valence-corrected chi connectivity index (χ1v) is 8.82. The van der Waals surface area contributed by atoms with Crippen molar-refractivity contribution in [1.29, 1.82) is 0 Å². The van der Waals surface area contributed by atoms with Crippen LogP contribution in [0.5, 0.6) is 0 Å². The summed E-state index contributed by atoms with van der Waals surface area (Å²) in [4.78, 5) is 3.93. The van der Waals surface area contributed by atoms with Gasteiger partial charge in [-0.3, -0.25) is 4.99 Å². The Balaban J connectivity index is 2.23. The number of hydrogen-bond acceptors (Lipinski definition) is 2. The predicted octanol–water partition coefficient (Wildman–Crippen LogP) is 5.97. The average Bonchev–Trinajstić information content (AvgIpc) is 2.58. The summed E-state index contributed by atoms with van der Waals surface area (Å²) < 4.78 is 14.4. The van der Waals surface area contributed by atoms with Gasteiger partial charge in [0.25, 0.3) is 0 Å². The molecule has 1 aliphatic carbocycles. The highest BCUT2D eigenvalue weighted by Gasteiger charge is 2.13. The maximum absolute atomic E-state index is 14.4. The molecule has 0 heterocycles. The van der Waals surface area contributed by atoms with Crippen LogP contribution in [0.25, 0.3) is 5.57 Å². The highest BCUT2D eigenvalue weighted by atomic mass is 19.1. The molecule has 0 aromatic heterocycles. The number of hydrogen-bond donors (Lipinski definition) is 1. The zero-order valence-electron chi connectivity index (χ0n) is 15.9. The van der Waals surface area contributed by atoms with Crippen molar-refractivity contribution in [3.8, 4) is 0 Å². The van der Waals surface area contributed by atoms with E-state index in [1.165, 1.54) is 11.6 Å². The topological polar surface area (TPSA) is 24.4 Å². The monoisotopic (exact) mass is 350 g/mol. The number of halogens is 1. The lowest BCUT2D eigenvalue weighted by Gasteiger charge is -2.18. The molecule has 0 saturated carbocycles. The van der Waals surface area contributed by atoms with Gasteiger partial charge in [0.1, 0.15) is 5.83 Å². The first kappa shape index (κ1) is 19.6. The third-order valence-corrected chi connectivity index (χ3v) is 4.56. The molecule has 2 nitrogen and oxygen atoms in total. The van der Waals surface area contributed by atoms with Crippen molar-refractivity contribution in [1.82, 2.24) is 5.32 Å². The highest BCUT2D eigenvalue weighted by molar-refractivity contribution is 5.80. The third-order valence-electron chi connectivity index (χ3n) is 4.56. The average molecular weight is 350 g/mol. The van der Waals surface area contributed by atoms with E-state index in [-0.39, 0.29) is 5.83 Å². The van der Waals surface area contributed by atoms with Crippen molar-refractivity contribution < 1.29 is 4.39 Å². The second-order valence-electron chi connectivity index (χ2n) is 6.62. The molecule has 0 aliphatic heterocycles. The Morgan fingerprint density at radius 2 is 2.08 bits per heavy atom. The van der Waals surface area contributed by atoms with Gasteiger partial charge in [-0.2, -0.15) is 0 Å². The fourth-order valence-corrected chi connectivity index (χ4v) is 3.05. The van der Waals surface area contributed by atoms with E-state index >= 15 is 0 Å². The predicted molar refractivity (Wildman–Crippen MR) is 111 cm³/mol. The molecule has 1 N–H and O–H groups in total. The van der Waals surface area contributed by atoms with Crippen LogP contribution in [0.4, 0.5) is 4.39 Å². The van der Waals surface area contributed by atoms with E-state index in [0.29, 0.717) is 17.8 Å². The molecule has 1 aromatic carbocycles. The van der Waals surface area contributed by atoms with Gasteiger partial charge >= 0.3 is 0 Å². The Hall–Kier alpha value is -2.68. The number of nitrogens with zero attached hydrogens (tertiary/aromatic N) is 1. The van der Waals surface area contributed by atoms with E-state index < -0.39 is 0 Å². The normalized spacial score (nSPS) is 21.2. The van der Waals surface area contributed by atoms with Crippen molar-refractivity contribution in [2.24, 2.45) is 4.99 Å². The number of aryl methyl sites for hydroxylation is 2. The van der Waals surface area contributed by atoms with Gasteiger partial charge in [0.05, 0.1) is 0 Å². The van der Waals surface area contributed by atoms with Crippen molar-refractivity contribution in [2.45, 2.75) is 33.6 Å². The summed E-state index contributed by atoms with van der Waals surface area (Å²) in [5, 5.41) is 3.27. The molecule has 2 rings (SSSR count). The van der Waals surface area contributed by atoms with Crippen molar-refractivity contribution in [2.75, 3.05) is 6.54 Å². The molecule has 0 fully saturated rings. The molecule has 3 heteroatoms. The Morgan fingerprint density at radius 3 is 2.77 bits per heavy atom. The van der Waals surface area contributed by atoms with Crippen molar-refractivity contribution in [3.63, 3.8) is 0 Å². The number of aliphatic imine (C=N–C) groups is 1. The number of rotatable bonds is 6. The SMILES string of the molecule is C=N/C=C(\C(=C)NCC1=C(/C)CC/C=C/C=C\1F)c1ccc(C)cc1C. The molecule has 0 atom stereocenters. The summed E-state index contributed by atoms with van der Waals surface area (Å²) in [6.45, 7) is 14.2. The molecular weight excluding hydrogens is 323 g/mol. The minimum atomic E-state index is -0.197. The summed E-state index contributed by atoms with van der Waals surface area (Å²) in [5.74, 6) is -0.197. The van der Waals surface area contributed by atoms with Crippen LogP contribution in [0, 0.1) is 13.8 Å². The van der Waals surface area contributed by atoms with Crippen LogP contribution in [0.2, 0.25) is 0 Å². The smallest absolute Gasteiger partial charge is 0.128 e. The Kier molecular flexibility index (Phi) is 6.90. The first-order valence-electron chi connectivity index (χ1n) is 8.82. The lowest BCUT2D eigenvalue weighted by Crippen LogP contribution is -2.19. The van der Waals surface area contributed by atoms with Gasteiger partial charge in [-0.15, -0.1) is 0 Å². The molecular formula is C23H27FN2. The van der Waals surface area contributed by atoms with Crippen LogP contribution in [0.1, 0.15) is 36.5 Å². The van der Waals surface area contributed by atoms with Gasteiger partial charge in [0.2, 0.25) is 0 Å². The Morgan fingerprint density at radius 1 is 1.31 bits per heavy atom. The van der Waals surface area contributed by atoms with Gasteiger partial charge in [0.15, 0.2) is 0 Å². The van der Waals surface area contributed by atoms with Crippen molar-refractivity contribution in [3.05, 3.63) is 88.6 Å². The molecule has 0 amide bonds. The van der Waals surface area contributed by atoms with E-state index in [0.717, 1.165) is 35.1 Å². The van der Waals surface area contributed by atoms with E-state index in [4.69, 9.17) is 0 Å². The summed E-state index contributed by atoms with van der Waals surface area (Å²) >= 11 is 0. The van der Waals surface area contributed by atoms with Gasteiger partial charge in [-0.25, -0.2) is 4.39 Å². The maximum atomic E-state index is 14.4. The fraction of sp³-hybridized carbons (Fsp3) is 0.261.